The van der Waals surface area contributed by atoms with Crippen LogP contribution in [0.3, 0.4) is 0 Å². The van der Waals surface area contributed by atoms with Crippen LogP contribution in [0, 0.1) is 34.5 Å². The molecule has 0 heterocycles. The number of ketones is 2. The summed E-state index contributed by atoms with van der Waals surface area (Å²) in [6.07, 6.45) is 1.36. The van der Waals surface area contributed by atoms with Crippen molar-refractivity contribution in [1.29, 1.82) is 0 Å². The average molecular weight is 497 g/mol. The molecule has 0 radical (unpaired) electrons. The Morgan fingerprint density at radius 2 is 1.03 bits per heavy atom. The van der Waals surface area contributed by atoms with Crippen molar-refractivity contribution >= 4 is 22.9 Å². The number of carbonyl (C=O) groups is 2. The molecule has 4 fully saturated rings. The molecule has 37 heavy (non-hydrogen) atoms. The zero-order chi connectivity index (χ0) is 26.3. The van der Waals surface area contributed by atoms with Crippen LogP contribution in [0.1, 0.15) is 54.4 Å². The van der Waals surface area contributed by atoms with Crippen LogP contribution >= 0.6 is 0 Å². The monoisotopic (exact) mass is 496 g/mol. The van der Waals surface area contributed by atoms with Gasteiger partial charge in [0.2, 0.25) is 0 Å². The van der Waals surface area contributed by atoms with Crippen LogP contribution in [0.15, 0.2) is 71.1 Å². The van der Waals surface area contributed by atoms with Gasteiger partial charge in [-0.2, -0.15) is 0 Å². The summed E-state index contributed by atoms with van der Waals surface area (Å²) >= 11 is 0. The summed E-state index contributed by atoms with van der Waals surface area (Å²) in [5.74, 6) is 3.87. The Labute approximate surface area is 219 Å². The lowest BCUT2D eigenvalue weighted by molar-refractivity contribution is -0.116. The zero-order valence-electron chi connectivity index (χ0n) is 22.6. The van der Waals surface area contributed by atoms with Crippen LogP contribution in [0.25, 0.3) is 0 Å². The Bertz CT molecular complexity index is 1260. The lowest BCUT2D eigenvalue weighted by atomic mass is 9.95. The van der Waals surface area contributed by atoms with Crippen molar-refractivity contribution in [2.75, 3.05) is 10.6 Å². The number of Topliss-reactive ketones (excluding diaryl/α,β-unsaturated/α-hetero) is 2. The molecule has 2 aromatic carbocycles. The van der Waals surface area contributed by atoms with Crippen LogP contribution in [0.5, 0.6) is 11.5 Å². The van der Waals surface area contributed by atoms with Crippen LogP contribution in [0.4, 0.5) is 11.4 Å². The predicted molar refractivity (Wildman–Crippen MR) is 146 cm³/mol. The van der Waals surface area contributed by atoms with Crippen LogP contribution in [-0.4, -0.2) is 11.6 Å². The van der Waals surface area contributed by atoms with E-state index in [4.69, 9.17) is 4.74 Å². The molecule has 2 aromatic rings. The molecule has 0 amide bonds. The van der Waals surface area contributed by atoms with Gasteiger partial charge in [-0.3, -0.25) is 9.59 Å². The van der Waals surface area contributed by atoms with Gasteiger partial charge in [-0.15, -0.1) is 0 Å². The highest BCUT2D eigenvalue weighted by Gasteiger charge is 2.66. The third-order valence-electron chi connectivity index (χ3n) is 9.55. The molecule has 0 spiro atoms. The molecule has 4 aliphatic carbocycles. The quantitative estimate of drug-likeness (QED) is 0.410. The number of fused-ring (bicyclic) bond motifs is 2. The smallest absolute Gasteiger partial charge is 0.161 e. The molecule has 4 atom stereocenters. The largest absolute Gasteiger partial charge is 0.457 e. The fourth-order valence-electron chi connectivity index (χ4n) is 7.16. The molecule has 5 nitrogen and oxygen atoms in total. The molecule has 0 aromatic heterocycles. The first kappa shape index (κ1) is 24.0. The molecule has 2 N–H and O–H groups in total. The second-order valence-corrected chi connectivity index (χ2v) is 12.5. The number of nitrogens with one attached hydrogen (secondary N) is 2. The van der Waals surface area contributed by atoms with Crippen molar-refractivity contribution in [3.8, 4) is 11.5 Å². The van der Waals surface area contributed by atoms with E-state index in [0.29, 0.717) is 48.1 Å². The lowest BCUT2D eigenvalue weighted by Gasteiger charge is -2.15. The second kappa shape index (κ2) is 8.08. The van der Waals surface area contributed by atoms with Crippen molar-refractivity contribution in [2.45, 2.75) is 54.4 Å². The molecular weight excluding hydrogens is 460 g/mol. The Kier molecular flexibility index (Phi) is 5.24. The maximum atomic E-state index is 12.5. The molecule has 0 saturated heterocycles. The van der Waals surface area contributed by atoms with Gasteiger partial charge in [0.1, 0.15) is 11.5 Å². The van der Waals surface area contributed by atoms with Crippen LogP contribution in [0.2, 0.25) is 0 Å². The number of benzene rings is 2. The van der Waals surface area contributed by atoms with Crippen LogP contribution < -0.4 is 15.4 Å². The molecule has 6 rings (SSSR count). The van der Waals surface area contributed by atoms with E-state index in [1.807, 2.05) is 62.4 Å². The number of carbonyl (C=O) groups excluding carboxylic acids is 2. The molecule has 0 aliphatic heterocycles. The minimum absolute atomic E-state index is 0.246. The number of anilines is 2. The summed E-state index contributed by atoms with van der Waals surface area (Å²) in [6, 6.07) is 15.6. The highest BCUT2D eigenvalue weighted by Crippen LogP contribution is 2.69. The average Bonchev–Trinajstić information content (AvgIpc) is 3.34. The number of ether oxygens (including phenoxy) is 1. The number of hydrogen-bond donors (Lipinski definition) is 2. The van der Waals surface area contributed by atoms with Gasteiger partial charge in [0.25, 0.3) is 0 Å². The third kappa shape index (κ3) is 3.91. The minimum Gasteiger partial charge on any atom is -0.457 e. The first-order valence-electron chi connectivity index (χ1n) is 13.4. The van der Waals surface area contributed by atoms with E-state index in [0.717, 1.165) is 45.4 Å². The molecule has 0 unspecified atom stereocenters. The maximum Gasteiger partial charge on any atom is 0.161 e. The minimum atomic E-state index is 0.246. The highest BCUT2D eigenvalue weighted by atomic mass is 16.5. The summed E-state index contributed by atoms with van der Waals surface area (Å²) in [5, 5.41) is 6.86. The molecule has 192 valence electrons. The Morgan fingerprint density at radius 1 is 0.676 bits per heavy atom. The van der Waals surface area contributed by atoms with Gasteiger partial charge in [0.05, 0.1) is 0 Å². The van der Waals surface area contributed by atoms with Gasteiger partial charge in [0.15, 0.2) is 11.6 Å². The number of allylic oxidation sites excluding steroid dienone is 4. The summed E-state index contributed by atoms with van der Waals surface area (Å²) in [4.78, 5) is 24.9. The Balaban J connectivity index is 1.08. The van der Waals surface area contributed by atoms with Crippen molar-refractivity contribution in [1.82, 2.24) is 0 Å². The molecule has 4 aliphatic rings. The van der Waals surface area contributed by atoms with Crippen molar-refractivity contribution in [3.05, 3.63) is 71.1 Å². The van der Waals surface area contributed by atoms with E-state index in [9.17, 15) is 9.59 Å². The number of rotatable bonds is 6. The van der Waals surface area contributed by atoms with E-state index in [1.165, 1.54) is 0 Å². The van der Waals surface area contributed by atoms with Gasteiger partial charge in [0, 0.05) is 46.8 Å². The third-order valence-corrected chi connectivity index (χ3v) is 9.55. The number of hydrogen-bond acceptors (Lipinski definition) is 5. The van der Waals surface area contributed by atoms with Crippen molar-refractivity contribution in [3.63, 3.8) is 0 Å². The topological polar surface area (TPSA) is 67.4 Å². The zero-order valence-corrected chi connectivity index (χ0v) is 22.6. The molecular formula is C32H36N2O3. The fourth-order valence-corrected chi connectivity index (χ4v) is 7.16. The first-order chi connectivity index (χ1) is 17.5. The van der Waals surface area contributed by atoms with Gasteiger partial charge < -0.3 is 15.4 Å². The van der Waals surface area contributed by atoms with E-state index in [1.54, 1.807) is 0 Å². The van der Waals surface area contributed by atoms with Gasteiger partial charge in [-0.1, -0.05) is 27.7 Å². The molecule has 0 bridgehead atoms. The summed E-state index contributed by atoms with van der Waals surface area (Å²) in [7, 11) is 0. The van der Waals surface area contributed by atoms with Gasteiger partial charge >= 0.3 is 0 Å². The highest BCUT2D eigenvalue weighted by molar-refractivity contribution is 6.02. The SMILES string of the molecule is CC(Nc1ccc(Oc2ccc(NC(C)=C3C(=O)C[C@H]4[C@H]3C4(C)C)cc2)cc1)=C1C(=O)C[C@H]2[C@H]1C2(C)C. The summed E-state index contributed by atoms with van der Waals surface area (Å²) < 4.78 is 6.05. The normalized spacial score (nSPS) is 30.9. The van der Waals surface area contributed by atoms with E-state index in [2.05, 4.69) is 38.3 Å². The van der Waals surface area contributed by atoms with Gasteiger partial charge in [-0.05, 0) is 96.9 Å². The second-order valence-electron chi connectivity index (χ2n) is 12.5. The summed E-state index contributed by atoms with van der Waals surface area (Å²) in [5.41, 5.74) is 6.26. The van der Waals surface area contributed by atoms with Crippen molar-refractivity contribution < 1.29 is 14.3 Å². The Hall–Kier alpha value is -3.34. The molecule has 5 heteroatoms. The van der Waals surface area contributed by atoms with Crippen LogP contribution in [-0.2, 0) is 9.59 Å². The lowest BCUT2D eigenvalue weighted by Crippen LogP contribution is -2.12. The first-order valence-corrected chi connectivity index (χ1v) is 13.4. The Morgan fingerprint density at radius 3 is 1.35 bits per heavy atom. The maximum absolute atomic E-state index is 12.5. The fraction of sp³-hybridized carbons (Fsp3) is 0.438. The van der Waals surface area contributed by atoms with E-state index < -0.39 is 0 Å². The van der Waals surface area contributed by atoms with E-state index >= 15 is 0 Å². The predicted octanol–water partition coefficient (Wildman–Crippen LogP) is 7.34. The molecule has 4 saturated carbocycles. The summed E-state index contributed by atoms with van der Waals surface area (Å²) in [6.45, 7) is 13.0. The van der Waals surface area contributed by atoms with Gasteiger partial charge in [-0.25, -0.2) is 0 Å². The standard InChI is InChI=1S/C32H36N2O3/c1-17(27-25(35)15-23-29(27)31(23,3)4)33-19-7-11-21(12-8-19)37-22-13-9-20(10-14-22)34-18(2)28-26(36)16-24-30(28)32(24,5)6/h7-14,23-24,29-30,33-34H,15-16H2,1-6H3/t23-,24-,29+,30+/m0/s1. The van der Waals surface area contributed by atoms with E-state index in [-0.39, 0.29) is 10.8 Å². The van der Waals surface area contributed by atoms with Crippen molar-refractivity contribution in [2.24, 2.45) is 34.5 Å².